The molecule has 1 aromatic heterocycles. The highest BCUT2D eigenvalue weighted by Gasteiger charge is 2.00. The van der Waals surface area contributed by atoms with Gasteiger partial charge in [0.05, 0.1) is 0 Å². The topological polar surface area (TPSA) is 12.0 Å². The fourth-order valence-corrected chi connectivity index (χ4v) is 2.69. The first kappa shape index (κ1) is 11.4. The monoisotopic (exact) mass is 231 g/mol. The molecule has 0 fully saturated rings. The summed E-state index contributed by atoms with van der Waals surface area (Å²) in [6, 6.07) is 12.8. The van der Waals surface area contributed by atoms with Gasteiger partial charge in [-0.3, -0.25) is 0 Å². The first-order chi connectivity index (χ1) is 7.75. The maximum atomic E-state index is 3.47. The Kier molecular flexibility index (Phi) is 3.75. The summed E-state index contributed by atoms with van der Waals surface area (Å²) in [5.41, 5.74) is 2.74. The summed E-state index contributed by atoms with van der Waals surface area (Å²) in [4.78, 5) is 2.85. The first-order valence-corrected chi connectivity index (χ1v) is 6.38. The molecule has 0 aliphatic rings. The fourth-order valence-electron chi connectivity index (χ4n) is 1.66. The highest BCUT2D eigenvalue weighted by atomic mass is 32.1. The highest BCUT2D eigenvalue weighted by molar-refractivity contribution is 7.12. The molecule has 0 spiro atoms. The van der Waals surface area contributed by atoms with E-state index in [2.05, 4.69) is 55.6 Å². The van der Waals surface area contributed by atoms with Crippen molar-refractivity contribution >= 4 is 11.3 Å². The predicted molar refractivity (Wildman–Crippen MR) is 70.8 cm³/mol. The van der Waals surface area contributed by atoms with Crippen molar-refractivity contribution in [3.8, 4) is 0 Å². The van der Waals surface area contributed by atoms with Crippen molar-refractivity contribution in [3.63, 3.8) is 0 Å². The number of aryl methyl sites for hydroxylation is 2. The van der Waals surface area contributed by atoms with Crippen LogP contribution in [-0.2, 0) is 13.1 Å². The van der Waals surface area contributed by atoms with E-state index in [1.54, 1.807) is 0 Å². The molecule has 0 radical (unpaired) electrons. The highest BCUT2D eigenvalue weighted by Crippen LogP contribution is 2.20. The van der Waals surface area contributed by atoms with Crippen LogP contribution in [0.3, 0.4) is 0 Å². The van der Waals surface area contributed by atoms with Gasteiger partial charge in [-0.15, -0.1) is 11.3 Å². The second-order valence-corrected chi connectivity index (χ2v) is 5.38. The van der Waals surface area contributed by atoms with E-state index in [9.17, 15) is 0 Å². The standard InChI is InChI=1S/C14H17NS/c1-11-8-14(16-12(11)2)10-15-9-13-6-4-3-5-7-13/h3-8,15H,9-10H2,1-2H3. The third kappa shape index (κ3) is 2.94. The van der Waals surface area contributed by atoms with Gasteiger partial charge in [-0.1, -0.05) is 30.3 Å². The molecule has 1 nitrogen and oxygen atoms in total. The van der Waals surface area contributed by atoms with Gasteiger partial charge >= 0.3 is 0 Å². The van der Waals surface area contributed by atoms with Crippen LogP contribution in [0.1, 0.15) is 20.9 Å². The van der Waals surface area contributed by atoms with Gasteiger partial charge in [0.25, 0.3) is 0 Å². The number of benzene rings is 1. The molecule has 0 amide bonds. The predicted octanol–water partition coefficient (Wildman–Crippen LogP) is 3.65. The summed E-state index contributed by atoms with van der Waals surface area (Å²) in [7, 11) is 0. The summed E-state index contributed by atoms with van der Waals surface area (Å²) in [5.74, 6) is 0. The molecule has 2 rings (SSSR count). The molecule has 0 aliphatic heterocycles. The van der Waals surface area contributed by atoms with Crippen molar-refractivity contribution in [1.82, 2.24) is 5.32 Å². The molecule has 1 heterocycles. The Balaban J connectivity index is 1.84. The molecule has 0 saturated heterocycles. The Morgan fingerprint density at radius 3 is 2.44 bits per heavy atom. The minimum Gasteiger partial charge on any atom is -0.308 e. The quantitative estimate of drug-likeness (QED) is 0.847. The third-order valence-electron chi connectivity index (χ3n) is 2.69. The van der Waals surface area contributed by atoms with Crippen LogP contribution in [0.25, 0.3) is 0 Å². The SMILES string of the molecule is Cc1cc(CNCc2ccccc2)sc1C. The molecule has 2 heteroatoms. The summed E-state index contributed by atoms with van der Waals surface area (Å²) >= 11 is 1.89. The van der Waals surface area contributed by atoms with Gasteiger partial charge in [0.2, 0.25) is 0 Å². The summed E-state index contributed by atoms with van der Waals surface area (Å²) < 4.78 is 0. The normalized spacial score (nSPS) is 10.6. The van der Waals surface area contributed by atoms with E-state index in [1.807, 2.05) is 11.3 Å². The lowest BCUT2D eigenvalue weighted by Crippen LogP contribution is -2.11. The van der Waals surface area contributed by atoms with E-state index in [-0.39, 0.29) is 0 Å². The van der Waals surface area contributed by atoms with Crippen LogP contribution >= 0.6 is 11.3 Å². The van der Waals surface area contributed by atoms with E-state index in [4.69, 9.17) is 0 Å². The minimum atomic E-state index is 0.941. The van der Waals surface area contributed by atoms with Crippen molar-refractivity contribution < 1.29 is 0 Å². The lowest BCUT2D eigenvalue weighted by Gasteiger charge is -2.02. The molecule has 1 N–H and O–H groups in total. The molecule has 0 atom stereocenters. The zero-order chi connectivity index (χ0) is 11.4. The van der Waals surface area contributed by atoms with Gasteiger partial charge in [0.1, 0.15) is 0 Å². The second-order valence-electron chi connectivity index (χ2n) is 4.04. The molecule has 2 aromatic rings. The van der Waals surface area contributed by atoms with Gasteiger partial charge < -0.3 is 5.32 Å². The molecule has 0 aliphatic carbocycles. The van der Waals surface area contributed by atoms with Crippen molar-refractivity contribution in [2.75, 3.05) is 0 Å². The van der Waals surface area contributed by atoms with E-state index in [0.29, 0.717) is 0 Å². The fraction of sp³-hybridized carbons (Fsp3) is 0.286. The van der Waals surface area contributed by atoms with Crippen molar-refractivity contribution in [2.45, 2.75) is 26.9 Å². The van der Waals surface area contributed by atoms with Gasteiger partial charge in [-0.2, -0.15) is 0 Å². The molecule has 0 bridgehead atoms. The first-order valence-electron chi connectivity index (χ1n) is 5.56. The lowest BCUT2D eigenvalue weighted by atomic mass is 10.2. The maximum absolute atomic E-state index is 3.47. The van der Waals surface area contributed by atoms with Crippen LogP contribution in [0.2, 0.25) is 0 Å². The van der Waals surface area contributed by atoms with Crippen LogP contribution in [-0.4, -0.2) is 0 Å². The molecule has 0 saturated carbocycles. The largest absolute Gasteiger partial charge is 0.308 e. The van der Waals surface area contributed by atoms with Crippen LogP contribution in [0.4, 0.5) is 0 Å². The van der Waals surface area contributed by atoms with E-state index < -0.39 is 0 Å². The van der Waals surface area contributed by atoms with Gasteiger partial charge in [-0.25, -0.2) is 0 Å². The summed E-state index contributed by atoms with van der Waals surface area (Å²) in [5, 5.41) is 3.47. The Morgan fingerprint density at radius 2 is 1.81 bits per heavy atom. The third-order valence-corrected chi connectivity index (χ3v) is 3.84. The maximum Gasteiger partial charge on any atom is 0.0303 e. The minimum absolute atomic E-state index is 0.941. The Bertz CT molecular complexity index is 426. The number of hydrogen-bond acceptors (Lipinski definition) is 2. The second kappa shape index (κ2) is 5.28. The van der Waals surface area contributed by atoms with Crippen molar-refractivity contribution in [1.29, 1.82) is 0 Å². The van der Waals surface area contributed by atoms with Gasteiger partial charge in [0, 0.05) is 22.8 Å². The average Bonchev–Trinajstić information content (AvgIpc) is 2.60. The molecular weight excluding hydrogens is 214 g/mol. The van der Waals surface area contributed by atoms with E-state index in [0.717, 1.165) is 13.1 Å². The van der Waals surface area contributed by atoms with Gasteiger partial charge in [-0.05, 0) is 31.0 Å². The molecular formula is C14H17NS. The van der Waals surface area contributed by atoms with Crippen molar-refractivity contribution in [3.05, 3.63) is 57.3 Å². The summed E-state index contributed by atoms with van der Waals surface area (Å²) in [6.45, 7) is 6.26. The van der Waals surface area contributed by atoms with E-state index >= 15 is 0 Å². The smallest absolute Gasteiger partial charge is 0.0303 e. The molecule has 0 unspecified atom stereocenters. The Labute approximate surface area is 101 Å². The number of thiophene rings is 1. The zero-order valence-corrected chi connectivity index (χ0v) is 10.6. The van der Waals surface area contributed by atoms with Gasteiger partial charge in [0.15, 0.2) is 0 Å². The number of nitrogens with one attached hydrogen (secondary N) is 1. The molecule has 16 heavy (non-hydrogen) atoms. The van der Waals surface area contributed by atoms with Crippen LogP contribution in [0.5, 0.6) is 0 Å². The molecule has 1 aromatic carbocycles. The Hall–Kier alpha value is -1.12. The van der Waals surface area contributed by atoms with E-state index in [1.165, 1.54) is 20.9 Å². The molecule has 84 valence electrons. The number of rotatable bonds is 4. The van der Waals surface area contributed by atoms with Crippen LogP contribution in [0, 0.1) is 13.8 Å². The van der Waals surface area contributed by atoms with Crippen molar-refractivity contribution in [2.24, 2.45) is 0 Å². The summed E-state index contributed by atoms with van der Waals surface area (Å²) in [6.07, 6.45) is 0. The lowest BCUT2D eigenvalue weighted by molar-refractivity contribution is 0.701. The Morgan fingerprint density at radius 1 is 1.06 bits per heavy atom. The average molecular weight is 231 g/mol. The zero-order valence-electron chi connectivity index (χ0n) is 9.79. The van der Waals surface area contributed by atoms with Crippen LogP contribution in [0.15, 0.2) is 36.4 Å². The van der Waals surface area contributed by atoms with Crippen LogP contribution < -0.4 is 5.32 Å². The number of hydrogen-bond donors (Lipinski definition) is 1.